The Hall–Kier alpha value is -3.15. The molecule has 0 atom stereocenters. The molecule has 0 aliphatic carbocycles. The third-order valence-electron chi connectivity index (χ3n) is 4.08. The normalized spacial score (nSPS) is 12.1. The van der Waals surface area contributed by atoms with Gasteiger partial charge in [0, 0.05) is 18.4 Å². The molecule has 0 amide bonds. The molecule has 4 N–H and O–H groups in total. The molecule has 12 nitrogen and oxygen atoms in total. The third-order valence-corrected chi connectivity index (χ3v) is 4.51. The highest BCUT2D eigenvalue weighted by Gasteiger charge is 2.36. The monoisotopic (exact) mass is 450 g/mol. The lowest BCUT2D eigenvalue weighted by atomic mass is 10.1. The first-order valence-electron chi connectivity index (χ1n) is 8.85. The van der Waals surface area contributed by atoms with Crippen LogP contribution in [0.3, 0.4) is 0 Å². The number of carbonyl (C=O) groups is 1. The lowest BCUT2D eigenvalue weighted by Gasteiger charge is -2.25. The summed E-state index contributed by atoms with van der Waals surface area (Å²) in [6.45, 7) is 3.75. The summed E-state index contributed by atoms with van der Waals surface area (Å²) < 4.78 is 22.5. The maximum atomic E-state index is 11.5. The molecule has 0 saturated heterocycles. The summed E-state index contributed by atoms with van der Waals surface area (Å²) in [5.41, 5.74) is -0.126. The van der Waals surface area contributed by atoms with Crippen LogP contribution in [0.5, 0.6) is 11.5 Å². The molecule has 13 heteroatoms. The minimum atomic E-state index is -4.98. The Morgan fingerprint density at radius 2 is 1.90 bits per heavy atom. The van der Waals surface area contributed by atoms with Gasteiger partial charge in [-0.25, -0.2) is 14.5 Å². The van der Waals surface area contributed by atoms with E-state index in [0.29, 0.717) is 5.69 Å². The second kappa shape index (κ2) is 8.53. The molecule has 0 spiro atoms. The number of rotatable bonds is 8. The van der Waals surface area contributed by atoms with E-state index in [9.17, 15) is 19.6 Å². The summed E-state index contributed by atoms with van der Waals surface area (Å²) in [5, 5.41) is 25.6. The second-order valence-corrected chi connectivity index (χ2v) is 7.78. The number of aldehydes is 1. The summed E-state index contributed by atoms with van der Waals surface area (Å²) >= 11 is 0. The van der Waals surface area contributed by atoms with Crippen LogP contribution in [-0.2, 0) is 10.5 Å². The lowest BCUT2D eigenvalue weighted by molar-refractivity contribution is -0.304. The Kier molecular flexibility index (Phi) is 6.20. The smallest absolute Gasteiger partial charge is 0.435 e. The van der Waals surface area contributed by atoms with Gasteiger partial charge in [0.1, 0.15) is 29.1 Å². The number of hydrogen-bond donors (Lipinski definition) is 4. The molecule has 3 rings (SSSR count). The van der Waals surface area contributed by atoms with Crippen LogP contribution < -0.4 is 9.26 Å². The van der Waals surface area contributed by atoms with Gasteiger partial charge in [-0.2, -0.15) is 5.10 Å². The van der Waals surface area contributed by atoms with Crippen LogP contribution in [0.4, 0.5) is 0 Å². The zero-order valence-electron chi connectivity index (χ0n) is 16.4. The predicted molar refractivity (Wildman–Crippen MR) is 105 cm³/mol. The summed E-state index contributed by atoms with van der Waals surface area (Å²) in [7, 11) is -4.98. The highest BCUT2D eigenvalue weighted by atomic mass is 31.2. The molecular weight excluding hydrogens is 431 g/mol. The van der Waals surface area contributed by atoms with Crippen LogP contribution in [0, 0.1) is 0 Å². The predicted octanol–water partition coefficient (Wildman–Crippen LogP) is 1.38. The van der Waals surface area contributed by atoms with Crippen LogP contribution >= 0.6 is 7.82 Å². The first-order valence-corrected chi connectivity index (χ1v) is 10.4. The van der Waals surface area contributed by atoms with E-state index in [2.05, 4.69) is 19.6 Å². The van der Waals surface area contributed by atoms with Gasteiger partial charge in [0.2, 0.25) is 0 Å². The van der Waals surface area contributed by atoms with E-state index in [1.807, 2.05) is 13.8 Å². The lowest BCUT2D eigenvalue weighted by Crippen LogP contribution is -2.34. The Bertz CT molecular complexity index is 1140. The third kappa shape index (κ3) is 4.95. The number of phosphoric ester groups is 1. The van der Waals surface area contributed by atoms with Crippen molar-refractivity contribution < 1.29 is 38.6 Å². The van der Waals surface area contributed by atoms with E-state index >= 15 is 0 Å². The fraction of sp³-hybridized carbons (Fsp3) is 0.222. The van der Waals surface area contributed by atoms with Gasteiger partial charge in [0.25, 0.3) is 0 Å². The van der Waals surface area contributed by atoms with Crippen LogP contribution in [0.2, 0.25) is 0 Å². The summed E-state index contributed by atoms with van der Waals surface area (Å²) in [6.07, 6.45) is 4.05. The summed E-state index contributed by atoms with van der Waals surface area (Å²) in [5.74, 6) is -3.93. The Morgan fingerprint density at radius 1 is 1.19 bits per heavy atom. The molecule has 3 aromatic rings. The molecule has 2 heterocycles. The van der Waals surface area contributed by atoms with Crippen molar-refractivity contribution in [3.8, 4) is 22.9 Å². The maximum Gasteiger partial charge on any atom is 0.524 e. The fourth-order valence-corrected chi connectivity index (χ4v) is 3.25. The van der Waals surface area contributed by atoms with Gasteiger partial charge in [-0.15, -0.1) is 0 Å². The fourth-order valence-electron chi connectivity index (χ4n) is 2.83. The van der Waals surface area contributed by atoms with Gasteiger partial charge in [-0.1, -0.05) is 6.07 Å². The first kappa shape index (κ1) is 22.5. The Labute approximate surface area is 176 Å². The number of aromatic nitrogens is 4. The molecule has 31 heavy (non-hydrogen) atoms. The van der Waals surface area contributed by atoms with Crippen LogP contribution in [0.25, 0.3) is 11.4 Å². The largest absolute Gasteiger partial charge is 0.524 e. The average molecular weight is 450 g/mol. The standard InChI is InChI=1S/C18H19N4O8P/c1-11(2)22-14(6-7-21-22)17-13(8-19-10-20-17)18(24,25)29-15-4-3-5-16(12(15)9-23)30-31(26,27)28/h3-11,24-25H,1-2H3,(H2,26,27,28). The SMILES string of the molecule is CC(C)n1nccc1-c1ncncc1C(O)(O)Oc1cccc(OP(=O)(O)O)c1C=O. The van der Waals surface area contributed by atoms with E-state index < -0.39 is 30.9 Å². The van der Waals surface area contributed by atoms with Crippen molar-refractivity contribution in [2.45, 2.75) is 25.9 Å². The minimum Gasteiger partial charge on any atom is -0.435 e. The molecule has 2 aromatic heterocycles. The van der Waals surface area contributed by atoms with Gasteiger partial charge >= 0.3 is 13.8 Å². The van der Waals surface area contributed by atoms with E-state index in [0.717, 1.165) is 12.3 Å². The van der Waals surface area contributed by atoms with Gasteiger partial charge in [0.15, 0.2) is 6.29 Å². The van der Waals surface area contributed by atoms with Crippen molar-refractivity contribution in [3.63, 3.8) is 0 Å². The first-order chi connectivity index (χ1) is 14.5. The van der Waals surface area contributed by atoms with E-state index in [1.165, 1.54) is 24.7 Å². The quantitative estimate of drug-likeness (QED) is 0.221. The number of hydrogen-bond acceptors (Lipinski definition) is 9. The molecule has 0 bridgehead atoms. The molecular formula is C18H19N4O8P. The number of carbonyl (C=O) groups excluding carboxylic acids is 1. The molecule has 0 saturated carbocycles. The number of nitrogens with zero attached hydrogens (tertiary/aromatic N) is 4. The molecule has 0 unspecified atom stereocenters. The zero-order valence-corrected chi connectivity index (χ0v) is 17.2. The van der Waals surface area contributed by atoms with Crippen molar-refractivity contribution in [1.29, 1.82) is 0 Å². The van der Waals surface area contributed by atoms with Crippen LogP contribution in [-0.4, -0.2) is 46.0 Å². The van der Waals surface area contributed by atoms with Crippen molar-refractivity contribution in [1.82, 2.24) is 19.7 Å². The van der Waals surface area contributed by atoms with Crippen molar-refractivity contribution in [2.75, 3.05) is 0 Å². The second-order valence-electron chi connectivity index (χ2n) is 6.62. The summed E-state index contributed by atoms with van der Waals surface area (Å²) in [6, 6.07) is 5.11. The molecule has 0 fully saturated rings. The van der Waals surface area contributed by atoms with E-state index in [4.69, 9.17) is 14.5 Å². The molecule has 164 valence electrons. The van der Waals surface area contributed by atoms with Gasteiger partial charge < -0.3 is 19.5 Å². The minimum absolute atomic E-state index is 0.0660. The number of phosphoric acid groups is 1. The number of aliphatic hydroxyl groups is 2. The van der Waals surface area contributed by atoms with Crippen molar-refractivity contribution in [2.24, 2.45) is 0 Å². The van der Waals surface area contributed by atoms with E-state index in [1.54, 1.807) is 10.7 Å². The van der Waals surface area contributed by atoms with Crippen LogP contribution in [0.1, 0.15) is 35.8 Å². The Balaban J connectivity index is 2.05. The highest BCUT2D eigenvalue weighted by Crippen LogP contribution is 2.42. The number of benzene rings is 1. The van der Waals surface area contributed by atoms with Gasteiger partial charge in [-0.05, 0) is 32.0 Å². The van der Waals surface area contributed by atoms with Crippen molar-refractivity contribution >= 4 is 14.1 Å². The molecule has 0 radical (unpaired) electrons. The zero-order chi connectivity index (χ0) is 22.8. The maximum absolute atomic E-state index is 11.5. The Morgan fingerprint density at radius 3 is 2.55 bits per heavy atom. The van der Waals surface area contributed by atoms with Gasteiger partial charge in [-0.3, -0.25) is 19.3 Å². The highest BCUT2D eigenvalue weighted by molar-refractivity contribution is 7.46. The molecule has 0 aliphatic heterocycles. The average Bonchev–Trinajstić information content (AvgIpc) is 3.17. The van der Waals surface area contributed by atoms with Crippen LogP contribution in [0.15, 0.2) is 43.0 Å². The number of ether oxygens (including phenoxy) is 1. The van der Waals surface area contributed by atoms with E-state index in [-0.39, 0.29) is 23.6 Å². The van der Waals surface area contributed by atoms with Gasteiger partial charge in [0.05, 0.1) is 11.3 Å². The molecule has 1 aromatic carbocycles. The van der Waals surface area contributed by atoms with Crippen molar-refractivity contribution in [3.05, 3.63) is 54.1 Å². The molecule has 0 aliphatic rings. The topological polar surface area (TPSA) is 177 Å². The summed E-state index contributed by atoms with van der Waals surface area (Å²) in [4.78, 5) is 37.5.